The van der Waals surface area contributed by atoms with Gasteiger partial charge in [0.25, 0.3) is 5.91 Å². The van der Waals surface area contributed by atoms with E-state index < -0.39 is 0 Å². The summed E-state index contributed by atoms with van der Waals surface area (Å²) in [5.74, 6) is 0.445. The predicted octanol–water partition coefficient (Wildman–Crippen LogP) is 3.03. The van der Waals surface area contributed by atoms with Crippen LogP contribution in [0.5, 0.6) is 0 Å². The van der Waals surface area contributed by atoms with E-state index in [4.69, 9.17) is 4.98 Å². The Kier molecular flexibility index (Phi) is 4.77. The lowest BCUT2D eigenvalue weighted by molar-refractivity contribution is -0.932. The highest BCUT2D eigenvalue weighted by Crippen LogP contribution is 2.22. The fourth-order valence-corrected chi connectivity index (χ4v) is 4.06. The zero-order chi connectivity index (χ0) is 20.5. The lowest BCUT2D eigenvalue weighted by Crippen LogP contribution is -3.10. The summed E-state index contributed by atoms with van der Waals surface area (Å²) in [4.78, 5) is 18.7. The van der Waals surface area contributed by atoms with Crippen LogP contribution in [0.2, 0.25) is 0 Å². The van der Waals surface area contributed by atoms with Gasteiger partial charge in [0.1, 0.15) is 18.9 Å². The SMILES string of the molecule is O=C(Nc1ccc2c(c1)nc1n2CC[NH+](Cc2ccccc2)C1)c1ccc(F)cc1. The van der Waals surface area contributed by atoms with Gasteiger partial charge in [0, 0.05) is 16.8 Å². The van der Waals surface area contributed by atoms with Crippen molar-refractivity contribution in [2.45, 2.75) is 19.6 Å². The average molecular weight is 401 g/mol. The quantitative estimate of drug-likeness (QED) is 0.552. The van der Waals surface area contributed by atoms with Gasteiger partial charge in [-0.3, -0.25) is 4.79 Å². The van der Waals surface area contributed by atoms with Gasteiger partial charge in [-0.2, -0.15) is 0 Å². The Hall–Kier alpha value is -3.51. The van der Waals surface area contributed by atoms with E-state index in [2.05, 4.69) is 34.1 Å². The lowest BCUT2D eigenvalue weighted by Gasteiger charge is -2.25. The van der Waals surface area contributed by atoms with Crippen molar-refractivity contribution in [3.63, 3.8) is 0 Å². The summed E-state index contributed by atoms with van der Waals surface area (Å²) in [7, 11) is 0. The van der Waals surface area contributed by atoms with Gasteiger partial charge in [-0.15, -0.1) is 0 Å². The molecule has 4 aromatic rings. The van der Waals surface area contributed by atoms with E-state index in [9.17, 15) is 9.18 Å². The molecule has 0 spiro atoms. The summed E-state index contributed by atoms with van der Waals surface area (Å²) in [5, 5.41) is 2.88. The number of nitrogens with zero attached hydrogens (tertiary/aromatic N) is 2. The van der Waals surface area contributed by atoms with Crippen molar-refractivity contribution < 1.29 is 14.1 Å². The highest BCUT2D eigenvalue weighted by atomic mass is 19.1. The van der Waals surface area contributed by atoms with E-state index in [-0.39, 0.29) is 11.7 Å². The van der Waals surface area contributed by atoms with Crippen molar-refractivity contribution in [2.24, 2.45) is 0 Å². The molecule has 150 valence electrons. The summed E-state index contributed by atoms with van der Waals surface area (Å²) in [5.41, 5.74) is 4.40. The first-order chi connectivity index (χ1) is 14.7. The van der Waals surface area contributed by atoms with E-state index in [1.807, 2.05) is 24.3 Å². The fourth-order valence-electron chi connectivity index (χ4n) is 4.06. The van der Waals surface area contributed by atoms with Crippen molar-refractivity contribution in [1.29, 1.82) is 0 Å². The molecule has 1 atom stereocenters. The fraction of sp³-hybridized carbons (Fsp3) is 0.167. The number of hydrogen-bond donors (Lipinski definition) is 2. The van der Waals surface area contributed by atoms with E-state index >= 15 is 0 Å². The number of quaternary nitrogens is 1. The topological polar surface area (TPSA) is 51.4 Å². The number of anilines is 1. The number of carbonyl (C=O) groups is 1. The molecule has 2 heterocycles. The molecule has 5 nitrogen and oxygen atoms in total. The molecule has 5 rings (SSSR count). The minimum atomic E-state index is -0.361. The Morgan fingerprint density at radius 1 is 1.07 bits per heavy atom. The maximum absolute atomic E-state index is 13.1. The van der Waals surface area contributed by atoms with Crippen LogP contribution in [-0.2, 0) is 19.6 Å². The van der Waals surface area contributed by atoms with Crippen molar-refractivity contribution in [2.75, 3.05) is 11.9 Å². The smallest absolute Gasteiger partial charge is 0.255 e. The minimum Gasteiger partial charge on any atom is -0.323 e. The molecular formula is C24H22FN4O+. The van der Waals surface area contributed by atoms with Crippen LogP contribution in [0, 0.1) is 5.82 Å². The number of benzene rings is 3. The van der Waals surface area contributed by atoms with Crippen LogP contribution >= 0.6 is 0 Å². The second-order valence-corrected chi connectivity index (χ2v) is 7.68. The minimum absolute atomic E-state index is 0.267. The first-order valence-electron chi connectivity index (χ1n) is 10.1. The highest BCUT2D eigenvalue weighted by molar-refractivity contribution is 6.04. The first-order valence-corrected chi connectivity index (χ1v) is 10.1. The molecule has 0 aliphatic carbocycles. The van der Waals surface area contributed by atoms with Crippen LogP contribution in [0.1, 0.15) is 21.7 Å². The molecule has 3 aromatic carbocycles. The number of imidazole rings is 1. The van der Waals surface area contributed by atoms with Crippen molar-refractivity contribution in [3.8, 4) is 0 Å². The number of nitrogens with one attached hydrogen (secondary N) is 2. The predicted molar refractivity (Wildman–Crippen MR) is 114 cm³/mol. The molecule has 0 radical (unpaired) electrons. The zero-order valence-corrected chi connectivity index (χ0v) is 16.4. The van der Waals surface area contributed by atoms with Crippen LogP contribution < -0.4 is 10.2 Å². The highest BCUT2D eigenvalue weighted by Gasteiger charge is 2.23. The molecule has 0 fully saturated rings. The van der Waals surface area contributed by atoms with Gasteiger partial charge in [0.2, 0.25) is 0 Å². The number of carbonyl (C=O) groups excluding carboxylic acids is 1. The number of halogens is 1. The maximum atomic E-state index is 13.1. The van der Waals surface area contributed by atoms with Crippen LogP contribution in [0.25, 0.3) is 11.0 Å². The Morgan fingerprint density at radius 2 is 1.87 bits per heavy atom. The van der Waals surface area contributed by atoms with Gasteiger partial charge in [-0.1, -0.05) is 30.3 Å². The Bertz CT molecular complexity index is 1200. The van der Waals surface area contributed by atoms with Crippen LogP contribution in [0.4, 0.5) is 10.1 Å². The molecule has 30 heavy (non-hydrogen) atoms. The van der Waals surface area contributed by atoms with E-state index in [0.29, 0.717) is 11.3 Å². The molecule has 0 bridgehead atoms. The molecule has 0 saturated heterocycles. The number of hydrogen-bond acceptors (Lipinski definition) is 2. The second kappa shape index (κ2) is 7.72. The average Bonchev–Trinajstić information content (AvgIpc) is 3.11. The first kappa shape index (κ1) is 18.5. The molecule has 2 N–H and O–H groups in total. The molecular weight excluding hydrogens is 379 g/mol. The molecule has 1 amide bonds. The van der Waals surface area contributed by atoms with Crippen molar-refractivity contribution in [1.82, 2.24) is 9.55 Å². The van der Waals surface area contributed by atoms with Crippen molar-refractivity contribution in [3.05, 3.63) is 95.6 Å². The number of rotatable bonds is 4. The molecule has 0 saturated carbocycles. The molecule has 1 aliphatic heterocycles. The largest absolute Gasteiger partial charge is 0.323 e. The summed E-state index contributed by atoms with van der Waals surface area (Å²) < 4.78 is 15.3. The van der Waals surface area contributed by atoms with Crippen molar-refractivity contribution >= 4 is 22.6 Å². The van der Waals surface area contributed by atoms with Gasteiger partial charge in [-0.25, -0.2) is 9.37 Å². The van der Waals surface area contributed by atoms with Gasteiger partial charge in [0.15, 0.2) is 5.82 Å². The molecule has 1 aliphatic rings. The van der Waals surface area contributed by atoms with Crippen LogP contribution in [-0.4, -0.2) is 22.0 Å². The number of fused-ring (bicyclic) bond motifs is 3. The molecule has 6 heteroatoms. The number of aromatic nitrogens is 2. The zero-order valence-electron chi connectivity index (χ0n) is 16.4. The Morgan fingerprint density at radius 3 is 2.67 bits per heavy atom. The van der Waals surface area contributed by atoms with Gasteiger partial charge < -0.3 is 14.8 Å². The Labute approximate surface area is 173 Å². The van der Waals surface area contributed by atoms with Gasteiger partial charge in [-0.05, 0) is 42.5 Å². The second-order valence-electron chi connectivity index (χ2n) is 7.68. The summed E-state index contributed by atoms with van der Waals surface area (Å²) >= 11 is 0. The van der Waals surface area contributed by atoms with Gasteiger partial charge in [0.05, 0.1) is 24.1 Å². The third-order valence-corrected chi connectivity index (χ3v) is 5.59. The maximum Gasteiger partial charge on any atom is 0.255 e. The molecule has 1 aromatic heterocycles. The normalized spacial score (nSPS) is 15.7. The van der Waals surface area contributed by atoms with E-state index in [0.717, 1.165) is 43.0 Å². The number of amides is 1. The third kappa shape index (κ3) is 3.69. The Balaban J connectivity index is 1.34. The lowest BCUT2D eigenvalue weighted by atomic mass is 10.2. The summed E-state index contributed by atoms with van der Waals surface area (Å²) in [6.45, 7) is 3.84. The third-order valence-electron chi connectivity index (χ3n) is 5.59. The van der Waals surface area contributed by atoms with Crippen LogP contribution in [0.3, 0.4) is 0 Å². The summed E-state index contributed by atoms with van der Waals surface area (Å²) in [6, 6.07) is 21.9. The van der Waals surface area contributed by atoms with E-state index in [1.165, 1.54) is 34.7 Å². The standard InChI is InChI=1S/C24H21FN4O/c25-19-8-6-18(7-9-19)24(30)26-20-10-11-22-21(14-20)27-23-16-28(12-13-29(22)23)15-17-4-2-1-3-5-17/h1-11,14H,12-13,15-16H2,(H,26,30)/p+1. The van der Waals surface area contributed by atoms with Crippen LogP contribution in [0.15, 0.2) is 72.8 Å². The van der Waals surface area contributed by atoms with E-state index in [1.54, 1.807) is 0 Å². The van der Waals surface area contributed by atoms with Gasteiger partial charge >= 0.3 is 0 Å². The summed E-state index contributed by atoms with van der Waals surface area (Å²) in [6.07, 6.45) is 0. The monoisotopic (exact) mass is 401 g/mol. The molecule has 1 unspecified atom stereocenters.